The van der Waals surface area contributed by atoms with Crippen LogP contribution in [-0.4, -0.2) is 40.3 Å². The number of nitrogens with two attached hydrogens (primary N) is 2. The van der Waals surface area contributed by atoms with Crippen LogP contribution in [0.4, 0.5) is 5.69 Å². The minimum Gasteiger partial charge on any atom is -0.458 e. The molecule has 0 spiro atoms. The highest BCUT2D eigenvalue weighted by atomic mass is 16.6. The zero-order chi connectivity index (χ0) is 15.1. The van der Waals surface area contributed by atoms with Gasteiger partial charge in [0.05, 0.1) is 11.9 Å². The maximum atomic E-state index is 12.4. The topological polar surface area (TPSA) is 125 Å². The molecule has 8 nitrogen and oxygen atoms in total. The van der Waals surface area contributed by atoms with Crippen LogP contribution in [-0.2, 0) is 15.1 Å². The minimum atomic E-state index is -0.977. The molecule has 1 aliphatic rings. The number of anilines is 1. The molecule has 0 radical (unpaired) electrons. The van der Waals surface area contributed by atoms with Crippen molar-refractivity contribution in [2.24, 2.45) is 5.73 Å². The SMILES string of the molecule is CC(C)(C)OC(=O)C1(n2cc(N)c(C(N)=O)n2)CNC1. The van der Waals surface area contributed by atoms with E-state index in [0.29, 0.717) is 13.1 Å². The van der Waals surface area contributed by atoms with Crippen molar-refractivity contribution >= 4 is 17.6 Å². The van der Waals surface area contributed by atoms with Crippen LogP contribution in [0.15, 0.2) is 6.20 Å². The lowest BCUT2D eigenvalue weighted by atomic mass is 9.92. The van der Waals surface area contributed by atoms with Gasteiger partial charge in [0.1, 0.15) is 5.60 Å². The maximum Gasteiger partial charge on any atom is 0.337 e. The second-order valence-corrected chi connectivity index (χ2v) is 5.88. The fourth-order valence-electron chi connectivity index (χ4n) is 1.93. The van der Waals surface area contributed by atoms with Crippen LogP contribution in [0.25, 0.3) is 0 Å². The van der Waals surface area contributed by atoms with Crippen LogP contribution < -0.4 is 16.8 Å². The predicted molar refractivity (Wildman–Crippen MR) is 71.8 cm³/mol. The number of amides is 1. The molecule has 1 aliphatic heterocycles. The lowest BCUT2D eigenvalue weighted by Gasteiger charge is -2.41. The van der Waals surface area contributed by atoms with Gasteiger partial charge in [0.2, 0.25) is 0 Å². The van der Waals surface area contributed by atoms with Gasteiger partial charge >= 0.3 is 5.97 Å². The Bertz CT molecular complexity index is 554. The zero-order valence-corrected chi connectivity index (χ0v) is 11.8. The van der Waals surface area contributed by atoms with E-state index in [9.17, 15) is 9.59 Å². The molecule has 0 aromatic carbocycles. The van der Waals surface area contributed by atoms with Gasteiger partial charge < -0.3 is 21.5 Å². The Balaban J connectivity index is 2.34. The molecule has 1 amide bonds. The van der Waals surface area contributed by atoms with E-state index in [1.807, 2.05) is 0 Å². The van der Waals surface area contributed by atoms with Gasteiger partial charge in [-0.25, -0.2) is 9.48 Å². The second kappa shape index (κ2) is 4.48. The standard InChI is InChI=1S/C12H19N5O3/c1-11(2,3)20-10(19)12(5-15-6-12)17-4-7(13)8(16-17)9(14)18/h4,15H,5-6,13H2,1-3H3,(H2,14,18). The third-order valence-electron chi connectivity index (χ3n) is 3.03. The van der Waals surface area contributed by atoms with Gasteiger partial charge in [-0.05, 0) is 20.8 Å². The van der Waals surface area contributed by atoms with Crippen LogP contribution >= 0.6 is 0 Å². The molecule has 5 N–H and O–H groups in total. The summed E-state index contributed by atoms with van der Waals surface area (Å²) in [4.78, 5) is 23.6. The van der Waals surface area contributed by atoms with E-state index in [0.717, 1.165) is 0 Å². The predicted octanol–water partition coefficient (Wildman–Crippen LogP) is -0.796. The number of hydrogen-bond acceptors (Lipinski definition) is 6. The van der Waals surface area contributed by atoms with Crippen LogP contribution in [0.3, 0.4) is 0 Å². The summed E-state index contributed by atoms with van der Waals surface area (Å²) in [6, 6.07) is 0. The highest BCUT2D eigenvalue weighted by molar-refractivity contribution is 5.96. The number of hydrogen-bond donors (Lipinski definition) is 3. The van der Waals surface area contributed by atoms with Gasteiger partial charge in [-0.2, -0.15) is 5.10 Å². The molecule has 2 rings (SSSR count). The fourth-order valence-corrected chi connectivity index (χ4v) is 1.93. The summed E-state index contributed by atoms with van der Waals surface area (Å²) in [5, 5.41) is 7.04. The first-order valence-electron chi connectivity index (χ1n) is 6.25. The summed E-state index contributed by atoms with van der Waals surface area (Å²) in [7, 11) is 0. The molecule has 2 heterocycles. The molecule has 1 saturated heterocycles. The van der Waals surface area contributed by atoms with Crippen LogP contribution in [0.2, 0.25) is 0 Å². The number of nitrogen functional groups attached to an aromatic ring is 1. The van der Waals surface area contributed by atoms with E-state index in [2.05, 4.69) is 10.4 Å². The Hall–Kier alpha value is -2.09. The molecular weight excluding hydrogens is 262 g/mol. The largest absolute Gasteiger partial charge is 0.458 e. The minimum absolute atomic E-state index is 0.0418. The van der Waals surface area contributed by atoms with Crippen molar-refractivity contribution in [2.75, 3.05) is 18.8 Å². The number of ether oxygens (including phenoxy) is 1. The van der Waals surface area contributed by atoms with Gasteiger partial charge in [0.25, 0.3) is 5.91 Å². The average Bonchev–Trinajstić information content (AvgIpc) is 2.55. The van der Waals surface area contributed by atoms with Gasteiger partial charge in [-0.1, -0.05) is 0 Å². The highest BCUT2D eigenvalue weighted by Gasteiger charge is 2.50. The third kappa shape index (κ3) is 2.34. The summed E-state index contributed by atoms with van der Waals surface area (Å²) in [5.74, 6) is -1.14. The van der Waals surface area contributed by atoms with Crippen LogP contribution in [0.1, 0.15) is 31.3 Å². The first kappa shape index (κ1) is 14.3. The van der Waals surface area contributed by atoms with Crippen molar-refractivity contribution in [1.82, 2.24) is 15.1 Å². The van der Waals surface area contributed by atoms with E-state index >= 15 is 0 Å². The van der Waals surface area contributed by atoms with E-state index in [1.165, 1.54) is 10.9 Å². The summed E-state index contributed by atoms with van der Waals surface area (Å²) >= 11 is 0. The Morgan fingerprint density at radius 1 is 1.45 bits per heavy atom. The number of primary amides is 1. The van der Waals surface area contributed by atoms with Gasteiger partial charge in [0.15, 0.2) is 11.2 Å². The second-order valence-electron chi connectivity index (χ2n) is 5.88. The first-order valence-corrected chi connectivity index (χ1v) is 6.25. The van der Waals surface area contributed by atoms with Crippen molar-refractivity contribution in [2.45, 2.75) is 31.9 Å². The molecule has 0 aliphatic carbocycles. The van der Waals surface area contributed by atoms with Gasteiger partial charge in [0, 0.05) is 13.1 Å². The Morgan fingerprint density at radius 3 is 2.40 bits per heavy atom. The maximum absolute atomic E-state index is 12.4. The fraction of sp³-hybridized carbons (Fsp3) is 0.583. The molecule has 1 aromatic rings. The van der Waals surface area contributed by atoms with Crippen molar-refractivity contribution in [1.29, 1.82) is 0 Å². The monoisotopic (exact) mass is 281 g/mol. The molecular formula is C12H19N5O3. The Morgan fingerprint density at radius 2 is 2.05 bits per heavy atom. The molecule has 20 heavy (non-hydrogen) atoms. The zero-order valence-electron chi connectivity index (χ0n) is 11.8. The number of carbonyl (C=O) groups excluding carboxylic acids is 2. The summed E-state index contributed by atoms with van der Waals surface area (Å²) < 4.78 is 6.78. The number of rotatable bonds is 3. The lowest BCUT2D eigenvalue weighted by Crippen LogP contribution is -2.66. The molecule has 8 heteroatoms. The van der Waals surface area contributed by atoms with Crippen molar-refractivity contribution < 1.29 is 14.3 Å². The molecule has 1 aromatic heterocycles. The summed E-state index contributed by atoms with van der Waals surface area (Å²) in [6.07, 6.45) is 1.44. The van der Waals surface area contributed by atoms with E-state index < -0.39 is 23.0 Å². The smallest absolute Gasteiger partial charge is 0.337 e. The molecule has 1 fully saturated rings. The average molecular weight is 281 g/mol. The number of carbonyl (C=O) groups is 2. The summed E-state index contributed by atoms with van der Waals surface area (Å²) in [6.45, 7) is 6.09. The van der Waals surface area contributed by atoms with E-state index in [-0.39, 0.29) is 11.4 Å². The lowest BCUT2D eigenvalue weighted by molar-refractivity contribution is -0.170. The summed E-state index contributed by atoms with van der Waals surface area (Å²) in [5.41, 5.74) is 9.39. The van der Waals surface area contributed by atoms with Gasteiger partial charge in [-0.3, -0.25) is 4.79 Å². The molecule has 0 atom stereocenters. The number of nitrogens with zero attached hydrogens (tertiary/aromatic N) is 2. The van der Waals surface area contributed by atoms with Crippen LogP contribution in [0.5, 0.6) is 0 Å². The Kier molecular flexibility index (Phi) is 3.21. The Labute approximate surface area is 116 Å². The van der Waals surface area contributed by atoms with Gasteiger partial charge in [-0.15, -0.1) is 0 Å². The first-order chi connectivity index (χ1) is 9.16. The van der Waals surface area contributed by atoms with Crippen molar-refractivity contribution in [3.8, 4) is 0 Å². The normalized spacial score (nSPS) is 17.4. The van der Waals surface area contributed by atoms with Crippen molar-refractivity contribution in [3.63, 3.8) is 0 Å². The molecule has 0 saturated carbocycles. The van der Waals surface area contributed by atoms with E-state index in [4.69, 9.17) is 16.2 Å². The van der Waals surface area contributed by atoms with Crippen LogP contribution in [0, 0.1) is 0 Å². The van der Waals surface area contributed by atoms with Crippen molar-refractivity contribution in [3.05, 3.63) is 11.9 Å². The van der Waals surface area contributed by atoms with E-state index in [1.54, 1.807) is 20.8 Å². The quantitative estimate of drug-likeness (QED) is 0.623. The molecule has 110 valence electrons. The molecule has 0 bridgehead atoms. The number of aromatic nitrogens is 2. The number of esters is 1. The third-order valence-corrected chi connectivity index (χ3v) is 3.03. The highest BCUT2D eigenvalue weighted by Crippen LogP contribution is 2.27. The molecule has 0 unspecified atom stereocenters. The number of nitrogens with one attached hydrogen (secondary N) is 1.